The van der Waals surface area contributed by atoms with Crippen molar-refractivity contribution in [2.24, 2.45) is 5.73 Å². The first-order chi connectivity index (χ1) is 13.7. The average Bonchev–Trinajstić information content (AvgIpc) is 2.75. The van der Waals surface area contributed by atoms with Crippen LogP contribution in [0, 0.1) is 12.5 Å². The molecule has 6 heteroatoms. The first-order valence-electron chi connectivity index (χ1n) is 9.82. The highest BCUT2D eigenvalue weighted by Crippen LogP contribution is 2.18. The molecular formula is C22H34N6. The van der Waals surface area contributed by atoms with Gasteiger partial charge < -0.3 is 20.9 Å². The standard InChI is InChI=1S/C21H29N5.CH5N/c1-4-6-7-13-25(3)15-10-20(23-5-2)18-26-14-8-9-19(17-26)21-16-22-11-12-24-21;1-2/h2,8-9,11-12,16-18,23H,4,6-7,10,13-15H2,1,3H3;2H2,1H3/b20-18-;. The van der Waals surface area contributed by atoms with E-state index in [1.165, 1.54) is 26.3 Å². The lowest BCUT2D eigenvalue weighted by Gasteiger charge is -2.22. The van der Waals surface area contributed by atoms with E-state index in [0.717, 1.165) is 43.0 Å². The fourth-order valence-corrected chi connectivity index (χ4v) is 2.77. The van der Waals surface area contributed by atoms with Crippen LogP contribution in [-0.2, 0) is 0 Å². The Hall–Kier alpha value is -2.62. The molecule has 152 valence electrons. The van der Waals surface area contributed by atoms with Crippen LogP contribution in [0.25, 0.3) is 5.57 Å². The number of nitrogens with zero attached hydrogens (tertiary/aromatic N) is 4. The lowest BCUT2D eigenvalue weighted by molar-refractivity contribution is 0.327. The van der Waals surface area contributed by atoms with Gasteiger partial charge in [0, 0.05) is 61.6 Å². The van der Waals surface area contributed by atoms with Crippen molar-refractivity contribution in [1.29, 1.82) is 0 Å². The van der Waals surface area contributed by atoms with Crippen LogP contribution in [0.1, 0.15) is 38.3 Å². The Bertz CT molecular complexity index is 672. The van der Waals surface area contributed by atoms with Gasteiger partial charge in [-0.15, -0.1) is 0 Å². The molecule has 6 nitrogen and oxygen atoms in total. The molecule has 0 aliphatic carbocycles. The summed E-state index contributed by atoms with van der Waals surface area (Å²) < 4.78 is 0. The lowest BCUT2D eigenvalue weighted by Crippen LogP contribution is -2.24. The van der Waals surface area contributed by atoms with Crippen LogP contribution in [0.2, 0.25) is 0 Å². The SMILES string of the molecule is C#CN/C(=C\N1C=C(c2cnccn2)C=CC1)CCN(C)CCCCC.CN. The van der Waals surface area contributed by atoms with Crippen molar-refractivity contribution in [3.8, 4) is 12.5 Å². The van der Waals surface area contributed by atoms with Gasteiger partial charge in [0.2, 0.25) is 0 Å². The molecule has 1 aliphatic heterocycles. The van der Waals surface area contributed by atoms with Crippen LogP contribution in [0.4, 0.5) is 0 Å². The molecule has 0 saturated carbocycles. The first kappa shape index (κ1) is 23.4. The van der Waals surface area contributed by atoms with Gasteiger partial charge in [-0.05, 0) is 27.1 Å². The minimum Gasteiger partial charge on any atom is -0.348 e. The molecule has 0 fully saturated rings. The van der Waals surface area contributed by atoms with Crippen LogP contribution in [0.15, 0.2) is 48.8 Å². The van der Waals surface area contributed by atoms with Gasteiger partial charge in [0.05, 0.1) is 11.9 Å². The lowest BCUT2D eigenvalue weighted by atomic mass is 10.1. The highest BCUT2D eigenvalue weighted by Gasteiger charge is 2.08. The summed E-state index contributed by atoms with van der Waals surface area (Å²) in [4.78, 5) is 13.0. The number of aromatic nitrogens is 2. The second-order valence-electron chi connectivity index (χ2n) is 6.46. The number of hydrogen-bond acceptors (Lipinski definition) is 6. The summed E-state index contributed by atoms with van der Waals surface area (Å²) in [5.41, 5.74) is 7.45. The van der Waals surface area contributed by atoms with Crippen molar-refractivity contribution in [2.75, 3.05) is 33.7 Å². The third-order valence-electron chi connectivity index (χ3n) is 4.24. The van der Waals surface area contributed by atoms with Crippen molar-refractivity contribution in [2.45, 2.75) is 32.6 Å². The molecule has 1 aliphatic rings. The minimum absolute atomic E-state index is 0.811. The van der Waals surface area contributed by atoms with Gasteiger partial charge >= 0.3 is 0 Å². The Kier molecular flexibility index (Phi) is 12.1. The molecule has 0 spiro atoms. The van der Waals surface area contributed by atoms with Gasteiger partial charge in [-0.25, -0.2) is 0 Å². The van der Waals surface area contributed by atoms with Crippen LogP contribution >= 0.6 is 0 Å². The Morgan fingerprint density at radius 1 is 1.36 bits per heavy atom. The molecular weight excluding hydrogens is 348 g/mol. The molecule has 0 aromatic carbocycles. The summed E-state index contributed by atoms with van der Waals surface area (Å²) in [6, 6.07) is 2.55. The van der Waals surface area contributed by atoms with E-state index in [2.05, 4.69) is 75.4 Å². The second-order valence-corrected chi connectivity index (χ2v) is 6.46. The fraction of sp³-hybridized carbons (Fsp3) is 0.455. The summed E-state index contributed by atoms with van der Waals surface area (Å²) in [7, 11) is 3.67. The van der Waals surface area contributed by atoms with Crippen LogP contribution in [-0.4, -0.2) is 53.5 Å². The number of nitrogens with two attached hydrogens (primary N) is 1. The summed E-state index contributed by atoms with van der Waals surface area (Å²) in [5.74, 6) is 0. The Labute approximate surface area is 170 Å². The maximum absolute atomic E-state index is 5.48. The van der Waals surface area contributed by atoms with Gasteiger partial charge in [0.25, 0.3) is 0 Å². The molecule has 0 radical (unpaired) electrons. The average molecular weight is 383 g/mol. The zero-order valence-electron chi connectivity index (χ0n) is 17.4. The highest BCUT2D eigenvalue weighted by molar-refractivity contribution is 5.71. The van der Waals surface area contributed by atoms with E-state index >= 15 is 0 Å². The molecule has 0 unspecified atom stereocenters. The largest absolute Gasteiger partial charge is 0.348 e. The van der Waals surface area contributed by atoms with E-state index in [1.54, 1.807) is 18.6 Å². The van der Waals surface area contributed by atoms with Crippen molar-refractivity contribution in [3.63, 3.8) is 0 Å². The molecule has 0 saturated heterocycles. The van der Waals surface area contributed by atoms with E-state index < -0.39 is 0 Å². The monoisotopic (exact) mass is 382 g/mol. The number of terminal acetylenes is 1. The van der Waals surface area contributed by atoms with E-state index in [0.29, 0.717) is 0 Å². The number of allylic oxidation sites excluding steroid dienone is 2. The molecule has 28 heavy (non-hydrogen) atoms. The van der Waals surface area contributed by atoms with E-state index in [9.17, 15) is 0 Å². The molecule has 0 bridgehead atoms. The quantitative estimate of drug-likeness (QED) is 0.368. The van der Waals surface area contributed by atoms with Gasteiger partial charge in [-0.1, -0.05) is 38.3 Å². The number of unbranched alkanes of at least 4 members (excludes halogenated alkanes) is 2. The fourth-order valence-electron chi connectivity index (χ4n) is 2.77. The number of nitrogens with one attached hydrogen (secondary N) is 1. The van der Waals surface area contributed by atoms with E-state index in [-0.39, 0.29) is 0 Å². The zero-order valence-corrected chi connectivity index (χ0v) is 17.4. The maximum Gasteiger partial charge on any atom is 0.0899 e. The third kappa shape index (κ3) is 8.85. The van der Waals surface area contributed by atoms with Crippen LogP contribution in [0.3, 0.4) is 0 Å². The Morgan fingerprint density at radius 3 is 2.86 bits per heavy atom. The van der Waals surface area contributed by atoms with Crippen molar-refractivity contribution in [3.05, 3.63) is 54.5 Å². The Balaban J connectivity index is 0.00000190. The minimum atomic E-state index is 0.811. The third-order valence-corrected chi connectivity index (χ3v) is 4.24. The topological polar surface area (TPSA) is 70.3 Å². The molecule has 2 rings (SSSR count). The smallest absolute Gasteiger partial charge is 0.0899 e. The number of rotatable bonds is 10. The number of hydrogen-bond donors (Lipinski definition) is 2. The molecule has 1 aromatic heterocycles. The molecule has 1 aromatic rings. The van der Waals surface area contributed by atoms with E-state index in [1.807, 2.05) is 0 Å². The van der Waals surface area contributed by atoms with E-state index in [4.69, 9.17) is 6.42 Å². The molecule has 3 N–H and O–H groups in total. The first-order valence-corrected chi connectivity index (χ1v) is 9.82. The van der Waals surface area contributed by atoms with Crippen molar-refractivity contribution < 1.29 is 0 Å². The molecule has 2 heterocycles. The van der Waals surface area contributed by atoms with Crippen LogP contribution in [0.5, 0.6) is 0 Å². The second kappa shape index (κ2) is 14.4. The summed E-state index contributed by atoms with van der Waals surface area (Å²) in [6.07, 6.45) is 23.7. The predicted octanol–water partition coefficient (Wildman–Crippen LogP) is 2.80. The predicted molar refractivity (Wildman–Crippen MR) is 118 cm³/mol. The van der Waals surface area contributed by atoms with Gasteiger partial charge in [0.1, 0.15) is 0 Å². The maximum atomic E-state index is 5.48. The zero-order chi connectivity index (χ0) is 20.6. The summed E-state index contributed by atoms with van der Waals surface area (Å²) in [5, 5.41) is 3.05. The van der Waals surface area contributed by atoms with Gasteiger partial charge in [-0.3, -0.25) is 9.97 Å². The van der Waals surface area contributed by atoms with Crippen molar-refractivity contribution in [1.82, 2.24) is 25.1 Å². The molecule has 0 atom stereocenters. The van der Waals surface area contributed by atoms with Gasteiger partial charge in [-0.2, -0.15) is 0 Å². The Morgan fingerprint density at radius 2 is 2.18 bits per heavy atom. The molecule has 0 amide bonds. The van der Waals surface area contributed by atoms with Gasteiger partial charge in [0.15, 0.2) is 0 Å². The highest BCUT2D eigenvalue weighted by atomic mass is 15.1. The van der Waals surface area contributed by atoms with Crippen LogP contribution < -0.4 is 11.1 Å². The summed E-state index contributed by atoms with van der Waals surface area (Å²) in [6.45, 7) is 5.15. The normalized spacial score (nSPS) is 13.5. The van der Waals surface area contributed by atoms with Crippen molar-refractivity contribution >= 4 is 5.57 Å². The summed E-state index contributed by atoms with van der Waals surface area (Å²) >= 11 is 0.